The van der Waals surface area contributed by atoms with Gasteiger partial charge in [-0.3, -0.25) is 9.56 Å². The van der Waals surface area contributed by atoms with Gasteiger partial charge in [-0.05, 0) is 42.3 Å². The minimum absolute atomic E-state index is 0.0190. The molecule has 0 aliphatic heterocycles. The Balaban J connectivity index is 2.00. The highest BCUT2D eigenvalue weighted by Crippen LogP contribution is 2.22. The summed E-state index contributed by atoms with van der Waals surface area (Å²) in [7, 11) is 0. The SMILES string of the molecule is CCOc1cccc(Cn2c(NCCN=C(N)N)nc(=O)n(Cc3ccc(Cl)c(Cl)c3)c2=O)c1. The first-order valence-electron chi connectivity index (χ1n) is 10.4. The van der Waals surface area contributed by atoms with Crippen LogP contribution in [0, 0.1) is 0 Å². The molecule has 180 valence electrons. The van der Waals surface area contributed by atoms with Gasteiger partial charge in [-0.15, -0.1) is 0 Å². The van der Waals surface area contributed by atoms with Crippen molar-refractivity contribution < 1.29 is 4.74 Å². The number of nitrogens with two attached hydrogens (primary N) is 2. The number of aromatic nitrogens is 3. The number of anilines is 1. The van der Waals surface area contributed by atoms with E-state index in [1.165, 1.54) is 4.57 Å². The highest BCUT2D eigenvalue weighted by molar-refractivity contribution is 6.42. The Kier molecular flexibility index (Phi) is 8.55. The summed E-state index contributed by atoms with van der Waals surface area (Å²) in [5.74, 6) is 0.720. The average molecular weight is 506 g/mol. The number of aliphatic imine (C=N–C) groups is 1. The summed E-state index contributed by atoms with van der Waals surface area (Å²) in [4.78, 5) is 34.2. The van der Waals surface area contributed by atoms with Crippen LogP contribution in [0.25, 0.3) is 0 Å². The zero-order valence-corrected chi connectivity index (χ0v) is 20.0. The van der Waals surface area contributed by atoms with Crippen molar-refractivity contribution in [2.45, 2.75) is 20.0 Å². The maximum Gasteiger partial charge on any atom is 0.355 e. The molecule has 0 saturated heterocycles. The Morgan fingerprint density at radius 2 is 1.79 bits per heavy atom. The lowest BCUT2D eigenvalue weighted by atomic mass is 10.2. The van der Waals surface area contributed by atoms with Crippen molar-refractivity contribution in [3.05, 3.63) is 84.6 Å². The second-order valence-electron chi connectivity index (χ2n) is 7.24. The van der Waals surface area contributed by atoms with Crippen LogP contribution in [0.2, 0.25) is 10.0 Å². The van der Waals surface area contributed by atoms with Gasteiger partial charge in [0.2, 0.25) is 5.95 Å². The molecule has 0 bridgehead atoms. The molecule has 0 radical (unpaired) electrons. The third-order valence-electron chi connectivity index (χ3n) is 4.71. The van der Waals surface area contributed by atoms with Gasteiger partial charge in [0.05, 0.1) is 36.3 Å². The van der Waals surface area contributed by atoms with Gasteiger partial charge in [-0.25, -0.2) is 14.2 Å². The van der Waals surface area contributed by atoms with Gasteiger partial charge in [-0.1, -0.05) is 41.4 Å². The topological polar surface area (TPSA) is 143 Å². The highest BCUT2D eigenvalue weighted by atomic mass is 35.5. The first-order chi connectivity index (χ1) is 16.3. The van der Waals surface area contributed by atoms with Crippen molar-refractivity contribution >= 4 is 35.1 Å². The molecule has 0 spiro atoms. The first kappa shape index (κ1) is 25.1. The predicted molar refractivity (Wildman–Crippen MR) is 134 cm³/mol. The predicted octanol–water partition coefficient (Wildman–Crippen LogP) is 1.89. The second-order valence-corrected chi connectivity index (χ2v) is 8.05. The Morgan fingerprint density at radius 3 is 2.50 bits per heavy atom. The fraction of sp³-hybridized carbons (Fsp3) is 0.273. The molecule has 1 heterocycles. The van der Waals surface area contributed by atoms with Gasteiger partial charge in [-0.2, -0.15) is 4.98 Å². The van der Waals surface area contributed by atoms with E-state index in [0.29, 0.717) is 28.0 Å². The van der Waals surface area contributed by atoms with Crippen molar-refractivity contribution in [2.24, 2.45) is 16.5 Å². The lowest BCUT2D eigenvalue weighted by Crippen LogP contribution is -2.43. The van der Waals surface area contributed by atoms with E-state index in [0.717, 1.165) is 10.1 Å². The average Bonchev–Trinajstić information content (AvgIpc) is 2.79. The van der Waals surface area contributed by atoms with Crippen LogP contribution < -0.4 is 32.9 Å². The molecule has 2 aromatic carbocycles. The van der Waals surface area contributed by atoms with Crippen molar-refractivity contribution in [1.29, 1.82) is 0 Å². The smallest absolute Gasteiger partial charge is 0.355 e. The van der Waals surface area contributed by atoms with Crippen LogP contribution in [-0.4, -0.2) is 39.8 Å². The molecule has 1 aromatic heterocycles. The van der Waals surface area contributed by atoms with Crippen molar-refractivity contribution in [1.82, 2.24) is 14.1 Å². The summed E-state index contributed by atoms with van der Waals surface area (Å²) in [5.41, 5.74) is 10.9. The number of guanidine groups is 1. The Hall–Kier alpha value is -3.50. The van der Waals surface area contributed by atoms with Gasteiger partial charge in [0, 0.05) is 6.54 Å². The van der Waals surface area contributed by atoms with Gasteiger partial charge in [0.15, 0.2) is 5.96 Å². The van der Waals surface area contributed by atoms with E-state index in [2.05, 4.69) is 15.3 Å². The number of nitrogens with one attached hydrogen (secondary N) is 1. The quantitative estimate of drug-likeness (QED) is 0.217. The second kappa shape index (κ2) is 11.6. The zero-order valence-electron chi connectivity index (χ0n) is 18.5. The van der Waals surface area contributed by atoms with E-state index < -0.39 is 11.4 Å². The molecular formula is C22H25Cl2N7O3. The van der Waals surface area contributed by atoms with E-state index in [1.54, 1.807) is 18.2 Å². The number of rotatable bonds is 10. The van der Waals surface area contributed by atoms with Crippen LogP contribution in [0.4, 0.5) is 5.95 Å². The zero-order chi connectivity index (χ0) is 24.7. The highest BCUT2D eigenvalue weighted by Gasteiger charge is 2.15. The summed E-state index contributed by atoms with van der Waals surface area (Å²) in [6.07, 6.45) is 0. The maximum atomic E-state index is 13.4. The molecule has 0 fully saturated rings. The minimum Gasteiger partial charge on any atom is -0.494 e. The normalized spacial score (nSPS) is 10.7. The summed E-state index contributed by atoms with van der Waals surface area (Å²) < 4.78 is 7.96. The Labute approximate surface area is 205 Å². The number of halogens is 2. The molecule has 0 saturated carbocycles. The standard InChI is InChI=1S/C22H25Cl2N7O3/c1-2-34-16-5-3-4-14(10-16)12-30-20(28-9-8-27-19(25)26)29-21(32)31(22(30)33)13-15-6-7-17(23)18(24)11-15/h3-7,10-11H,2,8-9,12-13H2,1H3,(H4,25,26,27)(H,28,29,32). The van der Waals surface area contributed by atoms with Crippen molar-refractivity contribution in [3.63, 3.8) is 0 Å². The number of benzene rings is 2. The van der Waals surface area contributed by atoms with Gasteiger partial charge < -0.3 is 21.5 Å². The minimum atomic E-state index is -0.709. The third kappa shape index (κ3) is 6.52. The number of ether oxygens (including phenoxy) is 1. The van der Waals surface area contributed by atoms with Crippen LogP contribution in [0.5, 0.6) is 5.75 Å². The van der Waals surface area contributed by atoms with Gasteiger partial charge >= 0.3 is 11.4 Å². The molecule has 3 rings (SSSR count). The third-order valence-corrected chi connectivity index (χ3v) is 5.45. The lowest BCUT2D eigenvalue weighted by Gasteiger charge is -2.16. The molecule has 5 N–H and O–H groups in total. The van der Waals surface area contributed by atoms with Crippen LogP contribution >= 0.6 is 23.2 Å². The Morgan fingerprint density at radius 1 is 1.06 bits per heavy atom. The Bertz CT molecular complexity index is 1300. The molecule has 0 amide bonds. The molecule has 10 nitrogen and oxygen atoms in total. The molecule has 3 aromatic rings. The number of nitrogens with zero attached hydrogens (tertiary/aromatic N) is 4. The van der Waals surface area contributed by atoms with E-state index in [9.17, 15) is 9.59 Å². The van der Waals surface area contributed by atoms with E-state index in [-0.39, 0.29) is 38.1 Å². The van der Waals surface area contributed by atoms with Crippen molar-refractivity contribution in [2.75, 3.05) is 25.0 Å². The summed E-state index contributed by atoms with van der Waals surface area (Å²) in [6.45, 7) is 3.04. The van der Waals surface area contributed by atoms with Crippen LogP contribution in [0.3, 0.4) is 0 Å². The summed E-state index contributed by atoms with van der Waals surface area (Å²) in [6, 6.07) is 12.2. The van der Waals surface area contributed by atoms with Crippen LogP contribution in [-0.2, 0) is 13.1 Å². The molecule has 12 heteroatoms. The van der Waals surface area contributed by atoms with E-state index in [4.69, 9.17) is 39.4 Å². The molecule has 0 aliphatic carbocycles. The number of hydrogen-bond donors (Lipinski definition) is 3. The van der Waals surface area contributed by atoms with Gasteiger partial charge in [0.1, 0.15) is 5.75 Å². The summed E-state index contributed by atoms with van der Waals surface area (Å²) in [5, 5.41) is 3.67. The fourth-order valence-corrected chi connectivity index (χ4v) is 3.52. The summed E-state index contributed by atoms with van der Waals surface area (Å²) >= 11 is 12.1. The molecule has 0 aliphatic rings. The van der Waals surface area contributed by atoms with Crippen LogP contribution in [0.1, 0.15) is 18.1 Å². The molecular weight excluding hydrogens is 481 g/mol. The van der Waals surface area contributed by atoms with Crippen LogP contribution in [0.15, 0.2) is 57.0 Å². The molecule has 34 heavy (non-hydrogen) atoms. The fourth-order valence-electron chi connectivity index (χ4n) is 3.20. The molecule has 0 atom stereocenters. The van der Waals surface area contributed by atoms with E-state index >= 15 is 0 Å². The first-order valence-corrected chi connectivity index (χ1v) is 11.2. The van der Waals surface area contributed by atoms with Gasteiger partial charge in [0.25, 0.3) is 0 Å². The molecule has 0 unspecified atom stereocenters. The van der Waals surface area contributed by atoms with E-state index in [1.807, 2.05) is 31.2 Å². The van der Waals surface area contributed by atoms with Crippen molar-refractivity contribution in [3.8, 4) is 5.75 Å². The maximum absolute atomic E-state index is 13.4. The largest absolute Gasteiger partial charge is 0.494 e. The lowest BCUT2D eigenvalue weighted by molar-refractivity contribution is 0.340. The monoisotopic (exact) mass is 505 g/mol. The number of hydrogen-bond acceptors (Lipinski definition) is 6.